The summed E-state index contributed by atoms with van der Waals surface area (Å²) in [4.78, 5) is 19.4. The van der Waals surface area contributed by atoms with Gasteiger partial charge < -0.3 is 11.1 Å². The van der Waals surface area contributed by atoms with Gasteiger partial charge in [0.1, 0.15) is 0 Å². The van der Waals surface area contributed by atoms with Gasteiger partial charge in [-0.2, -0.15) is 0 Å². The van der Waals surface area contributed by atoms with Crippen molar-refractivity contribution in [3.8, 4) is 0 Å². The zero-order chi connectivity index (χ0) is 13.9. The minimum atomic E-state index is -0.327. The predicted molar refractivity (Wildman–Crippen MR) is 76.2 cm³/mol. The Balaban J connectivity index is 2.26. The molecule has 0 spiro atoms. The summed E-state index contributed by atoms with van der Waals surface area (Å²) in [5.74, 6) is 0.0669. The number of rotatable bonds is 6. The maximum atomic E-state index is 11.5. The van der Waals surface area contributed by atoms with Gasteiger partial charge in [-0.3, -0.25) is 10.3 Å². The number of carbonyl (C=O) groups is 1. The fraction of sp³-hybridized carbons (Fsp3) is 0.462. The predicted octanol–water partition coefficient (Wildman–Crippen LogP) is 1.91. The van der Waals surface area contributed by atoms with Crippen molar-refractivity contribution in [2.75, 3.05) is 6.54 Å². The number of hydrogen-bond donors (Lipinski definition) is 3. The Bertz CT molecular complexity index is 405. The van der Waals surface area contributed by atoms with Crippen molar-refractivity contribution >= 4 is 17.7 Å². The Kier molecular flexibility index (Phi) is 7.01. The second-order valence-corrected chi connectivity index (χ2v) is 4.14. The molecular weight excluding hydrogens is 242 g/mol. The highest BCUT2D eigenvalue weighted by molar-refractivity contribution is 5.96. The topological polar surface area (TPSA) is 92.4 Å². The molecule has 0 aliphatic carbocycles. The van der Waals surface area contributed by atoms with Crippen molar-refractivity contribution in [1.82, 2.24) is 15.6 Å². The average Bonchev–Trinajstić information content (AvgIpc) is 2.39. The van der Waals surface area contributed by atoms with E-state index in [1.165, 1.54) is 12.8 Å². The van der Waals surface area contributed by atoms with E-state index >= 15 is 0 Å². The molecule has 0 unspecified atom stereocenters. The minimum absolute atomic E-state index is 0.0669. The number of hydrogen-bond acceptors (Lipinski definition) is 3. The second kappa shape index (κ2) is 8.91. The summed E-state index contributed by atoms with van der Waals surface area (Å²) in [6.45, 7) is 2.80. The van der Waals surface area contributed by atoms with Crippen LogP contribution in [0.3, 0.4) is 0 Å². The van der Waals surface area contributed by atoms with E-state index in [1.807, 2.05) is 0 Å². The third kappa shape index (κ3) is 7.03. The van der Waals surface area contributed by atoms with Crippen LogP contribution in [0.15, 0.2) is 29.5 Å². The van der Waals surface area contributed by atoms with Crippen LogP contribution in [-0.2, 0) is 0 Å². The molecule has 19 heavy (non-hydrogen) atoms. The van der Waals surface area contributed by atoms with Crippen LogP contribution in [0.25, 0.3) is 0 Å². The molecule has 0 atom stereocenters. The number of unbranched alkanes of at least 4 members (excludes halogenated alkanes) is 3. The highest BCUT2D eigenvalue weighted by Gasteiger charge is 2.01. The van der Waals surface area contributed by atoms with E-state index in [1.54, 1.807) is 24.5 Å². The zero-order valence-electron chi connectivity index (χ0n) is 11.2. The Morgan fingerprint density at radius 2 is 2.05 bits per heavy atom. The molecule has 0 saturated carbocycles. The summed E-state index contributed by atoms with van der Waals surface area (Å²) in [7, 11) is 0. The van der Waals surface area contributed by atoms with Crippen molar-refractivity contribution in [2.45, 2.75) is 32.6 Å². The van der Waals surface area contributed by atoms with Crippen LogP contribution in [0.2, 0.25) is 0 Å². The van der Waals surface area contributed by atoms with Gasteiger partial charge in [-0.05, 0) is 18.6 Å². The monoisotopic (exact) mass is 263 g/mol. The first-order valence-electron chi connectivity index (χ1n) is 6.51. The Hall–Kier alpha value is -2.11. The van der Waals surface area contributed by atoms with Crippen LogP contribution in [0, 0.1) is 0 Å². The third-order valence-electron chi connectivity index (χ3n) is 2.47. The number of aliphatic imine (C=N–C) groups is 1. The molecule has 0 bridgehead atoms. The number of aromatic nitrogens is 1. The highest BCUT2D eigenvalue weighted by atomic mass is 16.2. The largest absolute Gasteiger partial charge is 0.369 e. The van der Waals surface area contributed by atoms with Gasteiger partial charge in [0, 0.05) is 18.9 Å². The van der Waals surface area contributed by atoms with E-state index in [9.17, 15) is 4.79 Å². The standard InChI is InChI=1S/C13H21N5O/c1-2-3-4-5-8-16-13(19)18-12(14)17-11-6-9-15-10-7-11/h6-7,9-10H,2-5,8H2,1H3,(H4,14,15,16,17,18,19). The SMILES string of the molecule is CCCCCCNC(=O)NC(N)=Nc1ccncc1. The fourth-order valence-electron chi connectivity index (χ4n) is 1.50. The number of nitrogens with one attached hydrogen (secondary N) is 2. The van der Waals surface area contributed by atoms with E-state index in [0.717, 1.165) is 12.8 Å². The molecule has 6 heteroatoms. The van der Waals surface area contributed by atoms with Crippen molar-refractivity contribution in [2.24, 2.45) is 10.7 Å². The molecule has 0 radical (unpaired) electrons. The number of pyridine rings is 1. The summed E-state index contributed by atoms with van der Waals surface area (Å²) in [5, 5.41) is 5.21. The molecule has 6 nitrogen and oxygen atoms in total. The van der Waals surface area contributed by atoms with Gasteiger partial charge in [-0.15, -0.1) is 0 Å². The maximum absolute atomic E-state index is 11.5. The number of nitrogens with two attached hydrogens (primary N) is 1. The normalized spacial score (nSPS) is 11.1. The zero-order valence-corrected chi connectivity index (χ0v) is 11.2. The van der Waals surface area contributed by atoms with Gasteiger partial charge in [-0.1, -0.05) is 26.2 Å². The van der Waals surface area contributed by atoms with Crippen molar-refractivity contribution in [1.29, 1.82) is 0 Å². The number of carbonyl (C=O) groups excluding carboxylic acids is 1. The van der Waals surface area contributed by atoms with Gasteiger partial charge >= 0.3 is 6.03 Å². The smallest absolute Gasteiger partial charge is 0.321 e. The molecule has 0 aliphatic rings. The third-order valence-corrected chi connectivity index (χ3v) is 2.47. The molecule has 1 heterocycles. The lowest BCUT2D eigenvalue weighted by Gasteiger charge is -2.06. The second-order valence-electron chi connectivity index (χ2n) is 4.14. The van der Waals surface area contributed by atoms with Crippen molar-refractivity contribution in [3.63, 3.8) is 0 Å². The summed E-state index contributed by atoms with van der Waals surface area (Å²) < 4.78 is 0. The maximum Gasteiger partial charge on any atom is 0.321 e. The lowest BCUT2D eigenvalue weighted by atomic mass is 10.2. The van der Waals surface area contributed by atoms with Crippen molar-refractivity contribution in [3.05, 3.63) is 24.5 Å². The molecule has 0 saturated heterocycles. The lowest BCUT2D eigenvalue weighted by molar-refractivity contribution is 0.245. The van der Waals surface area contributed by atoms with Gasteiger partial charge in [-0.25, -0.2) is 9.79 Å². The van der Waals surface area contributed by atoms with Crippen LogP contribution in [-0.4, -0.2) is 23.5 Å². The molecule has 2 amide bonds. The molecule has 1 aromatic heterocycles. The van der Waals surface area contributed by atoms with E-state index < -0.39 is 0 Å². The van der Waals surface area contributed by atoms with E-state index in [-0.39, 0.29) is 12.0 Å². The molecule has 0 fully saturated rings. The van der Waals surface area contributed by atoms with Crippen LogP contribution in [0.1, 0.15) is 32.6 Å². The average molecular weight is 263 g/mol. The Labute approximate surface area is 113 Å². The van der Waals surface area contributed by atoms with E-state index in [2.05, 4.69) is 27.5 Å². The van der Waals surface area contributed by atoms with E-state index in [4.69, 9.17) is 5.73 Å². The number of guanidine groups is 1. The molecule has 4 N–H and O–H groups in total. The summed E-state index contributed by atoms with van der Waals surface area (Å²) in [5.41, 5.74) is 6.27. The van der Waals surface area contributed by atoms with Gasteiger partial charge in [0.25, 0.3) is 0 Å². The van der Waals surface area contributed by atoms with Crippen LogP contribution in [0.5, 0.6) is 0 Å². The van der Waals surface area contributed by atoms with E-state index in [0.29, 0.717) is 12.2 Å². The first kappa shape index (κ1) is 14.9. The van der Waals surface area contributed by atoms with Crippen LogP contribution in [0.4, 0.5) is 10.5 Å². The number of amides is 2. The quantitative estimate of drug-likeness (QED) is 0.416. The van der Waals surface area contributed by atoms with Gasteiger partial charge in [0.15, 0.2) is 0 Å². The van der Waals surface area contributed by atoms with Gasteiger partial charge in [0.05, 0.1) is 5.69 Å². The summed E-state index contributed by atoms with van der Waals surface area (Å²) >= 11 is 0. The molecule has 1 rings (SSSR count). The molecular formula is C13H21N5O. The summed E-state index contributed by atoms with van der Waals surface area (Å²) in [6.07, 6.45) is 7.69. The van der Waals surface area contributed by atoms with Crippen molar-refractivity contribution < 1.29 is 4.79 Å². The Morgan fingerprint density at radius 1 is 1.32 bits per heavy atom. The summed E-state index contributed by atoms with van der Waals surface area (Å²) in [6, 6.07) is 3.08. The number of urea groups is 1. The molecule has 0 aliphatic heterocycles. The van der Waals surface area contributed by atoms with Crippen LogP contribution < -0.4 is 16.4 Å². The molecule has 1 aromatic rings. The molecule has 0 aromatic carbocycles. The first-order valence-corrected chi connectivity index (χ1v) is 6.51. The first-order chi connectivity index (χ1) is 9.22. The lowest BCUT2D eigenvalue weighted by Crippen LogP contribution is -2.43. The minimum Gasteiger partial charge on any atom is -0.369 e. The van der Waals surface area contributed by atoms with Gasteiger partial charge in [0.2, 0.25) is 5.96 Å². The Morgan fingerprint density at radius 3 is 2.74 bits per heavy atom. The molecule has 104 valence electrons. The fourth-order valence-corrected chi connectivity index (χ4v) is 1.50. The highest BCUT2D eigenvalue weighted by Crippen LogP contribution is 2.06. The number of nitrogens with zero attached hydrogens (tertiary/aromatic N) is 2. The van der Waals surface area contributed by atoms with Crippen LogP contribution >= 0.6 is 0 Å².